The van der Waals surface area contributed by atoms with E-state index in [2.05, 4.69) is 11.1 Å². The Balaban J connectivity index is 2.10. The number of aryl methyl sites for hydroxylation is 2. The minimum Gasteiger partial charge on any atom is -0.333 e. The van der Waals surface area contributed by atoms with E-state index in [1.807, 2.05) is 0 Å². The highest BCUT2D eigenvalue weighted by molar-refractivity contribution is 7.99. The summed E-state index contributed by atoms with van der Waals surface area (Å²) in [4.78, 5) is 17.6. The maximum absolute atomic E-state index is 12.7. The molecule has 0 saturated heterocycles. The molecule has 0 unspecified atom stereocenters. The van der Waals surface area contributed by atoms with Crippen molar-refractivity contribution in [2.75, 3.05) is 18.8 Å². The van der Waals surface area contributed by atoms with E-state index < -0.39 is 18.6 Å². The highest BCUT2D eigenvalue weighted by atomic mass is 32.2. The highest BCUT2D eigenvalue weighted by Crippen LogP contribution is 2.28. The molecule has 8 heteroatoms. The fraction of sp³-hybridized carbons (Fsp3) is 0.611. The second-order valence-electron chi connectivity index (χ2n) is 6.84. The number of alkyl halides is 3. The highest BCUT2D eigenvalue weighted by Gasteiger charge is 2.33. The zero-order chi connectivity index (χ0) is 19.3. The van der Waals surface area contributed by atoms with E-state index in [0.717, 1.165) is 53.6 Å². The van der Waals surface area contributed by atoms with Crippen LogP contribution in [0.25, 0.3) is 0 Å². The molecule has 0 atom stereocenters. The number of thioether (sulfide) groups is 1. The largest absolute Gasteiger partial charge is 0.406 e. The lowest BCUT2D eigenvalue weighted by Crippen LogP contribution is -2.42. The molecule has 0 aliphatic heterocycles. The normalized spacial score (nSPS) is 14.0. The lowest BCUT2D eigenvalue weighted by atomic mass is 9.95. The molecule has 2 rings (SSSR count). The Labute approximate surface area is 155 Å². The Hall–Kier alpha value is -1.75. The van der Waals surface area contributed by atoms with Gasteiger partial charge in [0.2, 0.25) is 5.91 Å². The van der Waals surface area contributed by atoms with E-state index in [-0.39, 0.29) is 18.2 Å². The lowest BCUT2D eigenvalue weighted by Gasteiger charge is -2.25. The number of hydrogen-bond donors (Lipinski definition) is 0. The van der Waals surface area contributed by atoms with Gasteiger partial charge in [-0.1, -0.05) is 25.6 Å². The number of rotatable bonds is 6. The fourth-order valence-corrected chi connectivity index (χ4v) is 3.82. The molecule has 142 valence electrons. The molecule has 26 heavy (non-hydrogen) atoms. The van der Waals surface area contributed by atoms with E-state index in [4.69, 9.17) is 0 Å². The first-order chi connectivity index (χ1) is 12.2. The van der Waals surface area contributed by atoms with Gasteiger partial charge >= 0.3 is 6.18 Å². The van der Waals surface area contributed by atoms with Gasteiger partial charge in [0, 0.05) is 12.2 Å². The number of carbonyl (C=O) groups is 1. The Morgan fingerprint density at radius 3 is 2.69 bits per heavy atom. The van der Waals surface area contributed by atoms with Gasteiger partial charge in [-0.15, -0.1) is 0 Å². The van der Waals surface area contributed by atoms with Crippen molar-refractivity contribution in [3.05, 3.63) is 22.9 Å². The van der Waals surface area contributed by atoms with Gasteiger partial charge in [-0.3, -0.25) is 4.79 Å². The van der Waals surface area contributed by atoms with Crippen molar-refractivity contribution >= 4 is 17.7 Å². The fourth-order valence-electron chi connectivity index (χ4n) is 2.94. The van der Waals surface area contributed by atoms with Gasteiger partial charge in [-0.2, -0.15) is 18.4 Å². The standard InChI is InChI=1S/C18H22F3N3OS/c1-12(2)9-24(11-18(19,20)21)16(25)10-26-17-14(8-22)7-13-5-3-4-6-15(13)23-17/h7,12H,3-6,9-11H2,1-2H3. The number of nitriles is 1. The zero-order valence-electron chi connectivity index (χ0n) is 14.9. The first kappa shape index (κ1) is 20.6. The quantitative estimate of drug-likeness (QED) is 0.696. The van der Waals surface area contributed by atoms with Gasteiger partial charge in [-0.25, -0.2) is 4.98 Å². The van der Waals surface area contributed by atoms with Crippen molar-refractivity contribution in [3.8, 4) is 6.07 Å². The van der Waals surface area contributed by atoms with Gasteiger partial charge in [0.05, 0.1) is 11.3 Å². The van der Waals surface area contributed by atoms with E-state index in [0.29, 0.717) is 10.6 Å². The van der Waals surface area contributed by atoms with Crippen molar-refractivity contribution < 1.29 is 18.0 Å². The predicted octanol–water partition coefficient (Wildman–Crippen LogP) is 3.97. The lowest BCUT2D eigenvalue weighted by molar-refractivity contribution is -0.160. The molecule has 0 bridgehead atoms. The van der Waals surface area contributed by atoms with Crippen LogP contribution in [0.2, 0.25) is 0 Å². The molecule has 1 amide bonds. The van der Waals surface area contributed by atoms with E-state index in [9.17, 15) is 23.2 Å². The van der Waals surface area contributed by atoms with Crippen molar-refractivity contribution in [2.24, 2.45) is 5.92 Å². The third kappa shape index (κ3) is 5.90. The Bertz CT molecular complexity index is 698. The Morgan fingerprint density at radius 1 is 1.38 bits per heavy atom. The van der Waals surface area contributed by atoms with Crippen LogP contribution in [0.4, 0.5) is 13.2 Å². The van der Waals surface area contributed by atoms with E-state index in [1.165, 1.54) is 0 Å². The molecule has 0 aromatic carbocycles. The summed E-state index contributed by atoms with van der Waals surface area (Å²) >= 11 is 1.04. The third-order valence-corrected chi connectivity index (χ3v) is 5.00. The van der Waals surface area contributed by atoms with Crippen LogP contribution >= 0.6 is 11.8 Å². The van der Waals surface area contributed by atoms with Crippen LogP contribution in [-0.4, -0.2) is 40.8 Å². The Kier molecular flexibility index (Phi) is 6.93. The summed E-state index contributed by atoms with van der Waals surface area (Å²) in [6.45, 7) is 2.32. The molecule has 1 aromatic heterocycles. The smallest absolute Gasteiger partial charge is 0.333 e. The maximum Gasteiger partial charge on any atom is 0.406 e. The third-order valence-electron chi connectivity index (χ3n) is 4.03. The summed E-state index contributed by atoms with van der Waals surface area (Å²) in [5.74, 6) is -0.823. The van der Waals surface area contributed by atoms with Gasteiger partial charge in [0.1, 0.15) is 17.6 Å². The molecule has 1 aliphatic rings. The van der Waals surface area contributed by atoms with Crippen molar-refractivity contribution in [2.45, 2.75) is 50.7 Å². The number of nitrogens with zero attached hydrogens (tertiary/aromatic N) is 3. The maximum atomic E-state index is 12.7. The molecule has 0 spiro atoms. The number of pyridine rings is 1. The number of hydrogen-bond acceptors (Lipinski definition) is 4. The monoisotopic (exact) mass is 385 g/mol. The molecule has 1 aliphatic carbocycles. The van der Waals surface area contributed by atoms with Gasteiger partial charge in [-0.05, 0) is 43.2 Å². The van der Waals surface area contributed by atoms with Crippen LogP contribution in [0, 0.1) is 17.2 Å². The summed E-state index contributed by atoms with van der Waals surface area (Å²) in [6.07, 6.45) is -0.628. The molecule has 0 radical (unpaired) electrons. The van der Waals surface area contributed by atoms with Crippen molar-refractivity contribution in [3.63, 3.8) is 0 Å². The van der Waals surface area contributed by atoms with Gasteiger partial charge in [0.25, 0.3) is 0 Å². The molecule has 0 N–H and O–H groups in total. The first-order valence-corrected chi connectivity index (χ1v) is 9.58. The Morgan fingerprint density at radius 2 is 2.08 bits per heavy atom. The topological polar surface area (TPSA) is 57.0 Å². The van der Waals surface area contributed by atoms with Crippen molar-refractivity contribution in [1.29, 1.82) is 5.26 Å². The van der Waals surface area contributed by atoms with Crippen LogP contribution < -0.4 is 0 Å². The molecule has 4 nitrogen and oxygen atoms in total. The molecule has 0 saturated carbocycles. The van der Waals surface area contributed by atoms with Crippen LogP contribution in [0.5, 0.6) is 0 Å². The van der Waals surface area contributed by atoms with Gasteiger partial charge < -0.3 is 4.90 Å². The first-order valence-electron chi connectivity index (χ1n) is 8.60. The average molecular weight is 385 g/mol. The van der Waals surface area contributed by atoms with Crippen LogP contribution in [0.3, 0.4) is 0 Å². The van der Waals surface area contributed by atoms with Crippen molar-refractivity contribution in [1.82, 2.24) is 9.88 Å². The predicted molar refractivity (Wildman–Crippen MR) is 93.8 cm³/mol. The zero-order valence-corrected chi connectivity index (χ0v) is 15.7. The summed E-state index contributed by atoms with van der Waals surface area (Å²) in [5.41, 5.74) is 2.37. The summed E-state index contributed by atoms with van der Waals surface area (Å²) in [6, 6.07) is 3.88. The molecular weight excluding hydrogens is 363 g/mol. The summed E-state index contributed by atoms with van der Waals surface area (Å²) in [7, 11) is 0. The molecular formula is C18H22F3N3OS. The SMILES string of the molecule is CC(C)CN(CC(F)(F)F)C(=O)CSc1nc2c(cc1C#N)CCCC2. The number of carbonyl (C=O) groups excluding carboxylic acids is 1. The van der Waals surface area contributed by atoms with Crippen LogP contribution in [0.1, 0.15) is 43.5 Å². The van der Waals surface area contributed by atoms with Crippen LogP contribution in [0.15, 0.2) is 11.1 Å². The molecule has 1 aromatic rings. The number of aromatic nitrogens is 1. The van der Waals surface area contributed by atoms with Crippen LogP contribution in [-0.2, 0) is 17.6 Å². The second-order valence-corrected chi connectivity index (χ2v) is 7.80. The average Bonchev–Trinajstić information content (AvgIpc) is 2.56. The second kappa shape index (κ2) is 8.76. The van der Waals surface area contributed by atoms with Gasteiger partial charge in [0.15, 0.2) is 0 Å². The molecule has 1 heterocycles. The molecule has 0 fully saturated rings. The van der Waals surface area contributed by atoms with E-state index in [1.54, 1.807) is 19.9 Å². The van der Waals surface area contributed by atoms with E-state index >= 15 is 0 Å². The minimum absolute atomic E-state index is 0.0433. The summed E-state index contributed by atoms with van der Waals surface area (Å²) < 4.78 is 38.2. The number of fused-ring (bicyclic) bond motifs is 1. The summed E-state index contributed by atoms with van der Waals surface area (Å²) in [5, 5.41) is 9.75. The number of amides is 1. The number of halogens is 3. The minimum atomic E-state index is -4.43.